The minimum atomic E-state index is 0.601. The predicted octanol–water partition coefficient (Wildman–Crippen LogP) is 2.61. The Kier molecular flexibility index (Phi) is 3.46. The van der Waals surface area contributed by atoms with Crippen LogP contribution in [-0.4, -0.2) is 17.1 Å². The number of hydrogen-bond acceptors (Lipinski definition) is 4. The number of nitrogens with zero attached hydrogens (tertiary/aromatic N) is 2. The van der Waals surface area contributed by atoms with Crippen LogP contribution in [0.15, 0.2) is 24.4 Å². The Balaban J connectivity index is 2.57. The van der Waals surface area contributed by atoms with E-state index in [0.717, 1.165) is 23.4 Å². The first-order chi connectivity index (χ1) is 8.65. The van der Waals surface area contributed by atoms with E-state index in [2.05, 4.69) is 23.0 Å². The predicted molar refractivity (Wildman–Crippen MR) is 72.5 cm³/mol. The van der Waals surface area contributed by atoms with Crippen LogP contribution in [0.3, 0.4) is 0 Å². The van der Waals surface area contributed by atoms with Crippen molar-refractivity contribution in [1.29, 1.82) is 0 Å². The molecule has 0 aliphatic heterocycles. The van der Waals surface area contributed by atoms with Gasteiger partial charge in [-0.2, -0.15) is 0 Å². The number of aryl methyl sites for hydroxylation is 2. The molecule has 0 aliphatic carbocycles. The van der Waals surface area contributed by atoms with Gasteiger partial charge in [0.05, 0.1) is 30.3 Å². The number of hydrogen-bond donors (Lipinski definition) is 1. The van der Waals surface area contributed by atoms with E-state index in [1.165, 1.54) is 5.56 Å². The van der Waals surface area contributed by atoms with E-state index in [4.69, 9.17) is 10.5 Å². The van der Waals surface area contributed by atoms with Crippen molar-refractivity contribution in [2.24, 2.45) is 0 Å². The molecule has 4 nitrogen and oxygen atoms in total. The van der Waals surface area contributed by atoms with Gasteiger partial charge in [0.1, 0.15) is 5.75 Å². The molecule has 2 rings (SSSR count). The lowest BCUT2D eigenvalue weighted by molar-refractivity contribution is 0.416. The highest BCUT2D eigenvalue weighted by Gasteiger charge is 2.10. The lowest BCUT2D eigenvalue weighted by atomic mass is 10.1. The highest BCUT2D eigenvalue weighted by molar-refractivity contribution is 5.66. The summed E-state index contributed by atoms with van der Waals surface area (Å²) in [6, 6.07) is 6.06. The number of anilines is 1. The number of methoxy groups -OCH3 is 1. The van der Waals surface area contributed by atoms with Crippen molar-refractivity contribution < 1.29 is 4.74 Å². The maximum absolute atomic E-state index is 5.74. The summed E-state index contributed by atoms with van der Waals surface area (Å²) in [4.78, 5) is 8.69. The lowest BCUT2D eigenvalue weighted by Crippen LogP contribution is -1.99. The molecule has 1 heterocycles. The summed E-state index contributed by atoms with van der Waals surface area (Å²) in [6.45, 7) is 3.98. The summed E-state index contributed by atoms with van der Waals surface area (Å²) in [6.07, 6.45) is 2.60. The van der Waals surface area contributed by atoms with E-state index in [1.807, 2.05) is 19.1 Å². The zero-order chi connectivity index (χ0) is 13.1. The molecular weight excluding hydrogens is 226 g/mol. The van der Waals surface area contributed by atoms with Gasteiger partial charge in [-0.3, -0.25) is 0 Å². The van der Waals surface area contributed by atoms with Crippen LogP contribution < -0.4 is 10.5 Å². The van der Waals surface area contributed by atoms with Gasteiger partial charge < -0.3 is 10.5 Å². The fourth-order valence-electron chi connectivity index (χ4n) is 1.76. The zero-order valence-electron chi connectivity index (χ0n) is 10.9. The van der Waals surface area contributed by atoms with E-state index < -0.39 is 0 Å². The maximum atomic E-state index is 5.74. The van der Waals surface area contributed by atoms with Gasteiger partial charge in [0.2, 0.25) is 0 Å². The van der Waals surface area contributed by atoms with Crippen molar-refractivity contribution in [3.8, 4) is 17.1 Å². The molecule has 1 aromatic heterocycles. The number of ether oxygens (including phenoxy) is 1. The number of nitrogen functional groups attached to an aromatic ring is 1. The molecule has 2 aromatic rings. The van der Waals surface area contributed by atoms with Crippen LogP contribution in [-0.2, 0) is 6.42 Å². The number of benzene rings is 1. The van der Waals surface area contributed by atoms with E-state index in [1.54, 1.807) is 13.3 Å². The normalized spacial score (nSPS) is 10.4. The van der Waals surface area contributed by atoms with Crippen molar-refractivity contribution in [1.82, 2.24) is 9.97 Å². The highest BCUT2D eigenvalue weighted by Crippen LogP contribution is 2.29. The largest absolute Gasteiger partial charge is 0.496 e. The lowest BCUT2D eigenvalue weighted by Gasteiger charge is -2.10. The van der Waals surface area contributed by atoms with Crippen molar-refractivity contribution in [3.63, 3.8) is 0 Å². The van der Waals surface area contributed by atoms with Gasteiger partial charge in [-0.1, -0.05) is 13.0 Å². The fraction of sp³-hybridized carbons (Fsp3) is 0.286. The van der Waals surface area contributed by atoms with Crippen LogP contribution in [0, 0.1) is 6.92 Å². The second-order valence-corrected chi connectivity index (χ2v) is 4.12. The molecule has 0 fully saturated rings. The molecule has 0 saturated heterocycles. The Bertz CT molecular complexity index is 567. The van der Waals surface area contributed by atoms with Crippen LogP contribution in [0.4, 0.5) is 5.69 Å². The van der Waals surface area contributed by atoms with Crippen molar-refractivity contribution in [3.05, 3.63) is 35.7 Å². The quantitative estimate of drug-likeness (QED) is 0.900. The van der Waals surface area contributed by atoms with Crippen molar-refractivity contribution in [2.45, 2.75) is 20.3 Å². The van der Waals surface area contributed by atoms with E-state index >= 15 is 0 Å². The Hall–Kier alpha value is -2.10. The standard InChI is InChI=1S/C14H17N3O/c1-4-10-5-6-13(18-3)11(7-10)14-16-8-12(15)9(2)17-14/h5-8H,4,15H2,1-3H3. The van der Waals surface area contributed by atoms with Gasteiger partial charge in [-0.05, 0) is 31.0 Å². The summed E-state index contributed by atoms with van der Waals surface area (Å²) in [5.74, 6) is 1.42. The third-order valence-electron chi connectivity index (χ3n) is 2.93. The monoisotopic (exact) mass is 243 g/mol. The van der Waals surface area contributed by atoms with Gasteiger partial charge >= 0.3 is 0 Å². The molecule has 0 atom stereocenters. The number of nitrogens with two attached hydrogens (primary N) is 1. The summed E-state index contributed by atoms with van der Waals surface area (Å²) in [5, 5.41) is 0. The molecule has 0 saturated carbocycles. The van der Waals surface area contributed by atoms with E-state index in [0.29, 0.717) is 11.5 Å². The van der Waals surface area contributed by atoms with Gasteiger partial charge in [-0.25, -0.2) is 9.97 Å². The molecule has 0 spiro atoms. The number of rotatable bonds is 3. The summed E-state index contributed by atoms with van der Waals surface area (Å²) < 4.78 is 5.36. The van der Waals surface area contributed by atoms with Gasteiger partial charge in [0, 0.05) is 0 Å². The second-order valence-electron chi connectivity index (χ2n) is 4.12. The third-order valence-corrected chi connectivity index (χ3v) is 2.93. The van der Waals surface area contributed by atoms with Crippen molar-refractivity contribution >= 4 is 5.69 Å². The summed E-state index contributed by atoms with van der Waals surface area (Å²) in [5.41, 5.74) is 9.25. The van der Waals surface area contributed by atoms with Gasteiger partial charge in [0.25, 0.3) is 0 Å². The molecule has 4 heteroatoms. The minimum absolute atomic E-state index is 0.601. The first-order valence-electron chi connectivity index (χ1n) is 5.92. The number of aromatic nitrogens is 2. The zero-order valence-corrected chi connectivity index (χ0v) is 10.9. The molecule has 94 valence electrons. The van der Waals surface area contributed by atoms with Gasteiger partial charge in [0.15, 0.2) is 5.82 Å². The topological polar surface area (TPSA) is 61.0 Å². The molecular formula is C14H17N3O. The maximum Gasteiger partial charge on any atom is 0.163 e. The smallest absolute Gasteiger partial charge is 0.163 e. The summed E-state index contributed by atoms with van der Waals surface area (Å²) >= 11 is 0. The van der Waals surface area contributed by atoms with Gasteiger partial charge in [-0.15, -0.1) is 0 Å². The van der Waals surface area contributed by atoms with Crippen LogP contribution in [0.5, 0.6) is 5.75 Å². The molecule has 0 aliphatic rings. The molecule has 0 unspecified atom stereocenters. The molecule has 0 radical (unpaired) electrons. The van der Waals surface area contributed by atoms with Crippen LogP contribution in [0.2, 0.25) is 0 Å². The van der Waals surface area contributed by atoms with Crippen LogP contribution in [0.1, 0.15) is 18.2 Å². The third kappa shape index (κ3) is 2.27. The van der Waals surface area contributed by atoms with Crippen LogP contribution >= 0.6 is 0 Å². The average molecular weight is 243 g/mol. The molecule has 0 amide bonds. The Morgan fingerprint density at radius 2 is 2.11 bits per heavy atom. The highest BCUT2D eigenvalue weighted by atomic mass is 16.5. The Morgan fingerprint density at radius 1 is 1.33 bits per heavy atom. The average Bonchev–Trinajstić information content (AvgIpc) is 2.41. The van der Waals surface area contributed by atoms with Crippen LogP contribution in [0.25, 0.3) is 11.4 Å². The molecule has 0 bridgehead atoms. The van der Waals surface area contributed by atoms with Crippen molar-refractivity contribution in [2.75, 3.05) is 12.8 Å². The molecule has 1 aromatic carbocycles. The first kappa shape index (κ1) is 12.4. The SMILES string of the molecule is CCc1ccc(OC)c(-c2ncc(N)c(C)n2)c1. The first-order valence-corrected chi connectivity index (χ1v) is 5.92. The molecule has 18 heavy (non-hydrogen) atoms. The van der Waals surface area contributed by atoms with E-state index in [9.17, 15) is 0 Å². The Morgan fingerprint density at radius 3 is 2.72 bits per heavy atom. The second kappa shape index (κ2) is 5.04. The molecule has 2 N–H and O–H groups in total. The fourth-order valence-corrected chi connectivity index (χ4v) is 1.76. The van der Waals surface area contributed by atoms with E-state index in [-0.39, 0.29) is 0 Å². The minimum Gasteiger partial charge on any atom is -0.496 e. The summed E-state index contributed by atoms with van der Waals surface area (Å²) in [7, 11) is 1.65. The Labute approximate surface area is 107 Å².